The third-order valence-electron chi connectivity index (χ3n) is 1.66. The molecule has 0 bridgehead atoms. The predicted molar refractivity (Wildman–Crippen MR) is 55.3 cm³/mol. The molecule has 0 amide bonds. The van der Waals surface area contributed by atoms with Gasteiger partial charge in [-0.2, -0.15) is 5.10 Å². The first-order valence-corrected chi connectivity index (χ1v) is 5.10. The first-order chi connectivity index (χ1) is 6.74. The number of H-pyrrole nitrogens is 1. The van der Waals surface area contributed by atoms with E-state index in [1.165, 1.54) is 4.88 Å². The van der Waals surface area contributed by atoms with Crippen LogP contribution >= 0.6 is 11.3 Å². The summed E-state index contributed by atoms with van der Waals surface area (Å²) in [5, 5.41) is 10.9. The highest BCUT2D eigenvalue weighted by Gasteiger charge is 2.01. The Morgan fingerprint density at radius 2 is 2.36 bits per heavy atom. The van der Waals surface area contributed by atoms with Crippen LogP contribution in [0.5, 0.6) is 0 Å². The second-order valence-electron chi connectivity index (χ2n) is 2.97. The Kier molecular flexibility index (Phi) is 2.45. The van der Waals surface area contributed by atoms with E-state index in [0.717, 1.165) is 16.8 Å². The van der Waals surface area contributed by atoms with Crippen LogP contribution in [-0.2, 0) is 6.54 Å². The second kappa shape index (κ2) is 3.75. The van der Waals surface area contributed by atoms with Gasteiger partial charge in [0.25, 0.3) is 0 Å². The highest BCUT2D eigenvalue weighted by atomic mass is 32.1. The highest BCUT2D eigenvalue weighted by molar-refractivity contribution is 7.15. The van der Waals surface area contributed by atoms with Crippen molar-refractivity contribution in [3.63, 3.8) is 0 Å². The molecule has 2 aromatic rings. The van der Waals surface area contributed by atoms with Crippen molar-refractivity contribution in [3.8, 4) is 0 Å². The van der Waals surface area contributed by atoms with E-state index >= 15 is 0 Å². The summed E-state index contributed by atoms with van der Waals surface area (Å²) in [6, 6.07) is 0. The van der Waals surface area contributed by atoms with E-state index in [0.29, 0.717) is 6.54 Å². The van der Waals surface area contributed by atoms with Gasteiger partial charge >= 0.3 is 0 Å². The monoisotopic (exact) mass is 209 g/mol. The number of thiazole rings is 1. The number of hydrogen-bond donors (Lipinski definition) is 2. The van der Waals surface area contributed by atoms with Crippen LogP contribution in [0.3, 0.4) is 0 Å². The number of nitrogens with zero attached hydrogens (tertiary/aromatic N) is 3. The molecular formula is C8H11N5S. The van der Waals surface area contributed by atoms with E-state index in [4.69, 9.17) is 0 Å². The van der Waals surface area contributed by atoms with Crippen LogP contribution in [0, 0.1) is 13.8 Å². The van der Waals surface area contributed by atoms with Gasteiger partial charge in [0.15, 0.2) is 11.0 Å². The molecule has 14 heavy (non-hydrogen) atoms. The molecule has 0 spiro atoms. The van der Waals surface area contributed by atoms with Crippen LogP contribution in [0.2, 0.25) is 0 Å². The third kappa shape index (κ3) is 2.08. The lowest BCUT2D eigenvalue weighted by atomic mass is 10.6. The number of nitrogens with one attached hydrogen (secondary N) is 2. The fourth-order valence-electron chi connectivity index (χ4n) is 1.06. The SMILES string of the molecule is Cc1nc(CNc2ncc(C)s2)n[nH]1. The summed E-state index contributed by atoms with van der Waals surface area (Å²) >= 11 is 1.63. The van der Waals surface area contributed by atoms with Gasteiger partial charge in [-0.3, -0.25) is 5.10 Å². The summed E-state index contributed by atoms with van der Waals surface area (Å²) in [6.07, 6.45) is 1.84. The van der Waals surface area contributed by atoms with E-state index in [2.05, 4.69) is 25.5 Å². The van der Waals surface area contributed by atoms with Crippen LogP contribution in [0.1, 0.15) is 16.5 Å². The van der Waals surface area contributed by atoms with Crippen molar-refractivity contribution < 1.29 is 0 Å². The number of aromatic nitrogens is 4. The minimum absolute atomic E-state index is 0.608. The average Bonchev–Trinajstić information content (AvgIpc) is 2.72. The van der Waals surface area contributed by atoms with Gasteiger partial charge in [-0.05, 0) is 13.8 Å². The van der Waals surface area contributed by atoms with Crippen LogP contribution in [0.4, 0.5) is 5.13 Å². The van der Waals surface area contributed by atoms with E-state index in [9.17, 15) is 0 Å². The molecule has 0 saturated carbocycles. The van der Waals surface area contributed by atoms with Crippen molar-refractivity contribution in [1.29, 1.82) is 0 Å². The minimum Gasteiger partial charge on any atom is -0.354 e. The Morgan fingerprint density at radius 3 is 2.93 bits per heavy atom. The van der Waals surface area contributed by atoms with Gasteiger partial charge in [0.05, 0.1) is 6.54 Å². The third-order valence-corrected chi connectivity index (χ3v) is 2.53. The zero-order valence-electron chi connectivity index (χ0n) is 8.03. The number of anilines is 1. The van der Waals surface area contributed by atoms with E-state index in [1.807, 2.05) is 20.0 Å². The number of rotatable bonds is 3. The summed E-state index contributed by atoms with van der Waals surface area (Å²) in [7, 11) is 0. The van der Waals surface area contributed by atoms with E-state index in [1.54, 1.807) is 11.3 Å². The topological polar surface area (TPSA) is 66.5 Å². The van der Waals surface area contributed by atoms with Crippen molar-refractivity contribution in [2.24, 2.45) is 0 Å². The molecule has 0 radical (unpaired) electrons. The molecule has 2 heterocycles. The maximum Gasteiger partial charge on any atom is 0.183 e. The number of aromatic amines is 1. The smallest absolute Gasteiger partial charge is 0.183 e. The summed E-state index contributed by atoms with van der Waals surface area (Å²) < 4.78 is 0. The summed E-state index contributed by atoms with van der Waals surface area (Å²) in [5.41, 5.74) is 0. The van der Waals surface area contributed by atoms with Crippen LogP contribution in [-0.4, -0.2) is 20.2 Å². The predicted octanol–water partition coefficient (Wildman–Crippen LogP) is 1.49. The van der Waals surface area contributed by atoms with Crippen LogP contribution in [0.25, 0.3) is 0 Å². The molecule has 74 valence electrons. The molecule has 6 heteroatoms. The van der Waals surface area contributed by atoms with Gasteiger partial charge in [0.2, 0.25) is 0 Å². The summed E-state index contributed by atoms with van der Waals surface area (Å²) in [5.74, 6) is 1.59. The Morgan fingerprint density at radius 1 is 1.50 bits per heavy atom. The zero-order chi connectivity index (χ0) is 9.97. The van der Waals surface area contributed by atoms with Gasteiger partial charge in [0.1, 0.15) is 5.82 Å². The maximum atomic E-state index is 4.18. The van der Waals surface area contributed by atoms with Gasteiger partial charge in [-0.1, -0.05) is 0 Å². The van der Waals surface area contributed by atoms with E-state index in [-0.39, 0.29) is 0 Å². The minimum atomic E-state index is 0.608. The number of aryl methyl sites for hydroxylation is 2. The molecule has 0 aliphatic carbocycles. The Bertz CT molecular complexity index is 379. The fraction of sp³-hybridized carbons (Fsp3) is 0.375. The molecule has 0 atom stereocenters. The highest BCUT2D eigenvalue weighted by Crippen LogP contribution is 2.16. The van der Waals surface area contributed by atoms with Crippen molar-refractivity contribution in [2.75, 3.05) is 5.32 Å². The molecule has 2 rings (SSSR count). The maximum absolute atomic E-state index is 4.18. The average molecular weight is 209 g/mol. The molecule has 0 aromatic carbocycles. The Balaban J connectivity index is 1.94. The Labute approximate surface area is 85.6 Å². The summed E-state index contributed by atoms with van der Waals surface area (Å²) in [4.78, 5) is 9.55. The van der Waals surface area contributed by atoms with Gasteiger partial charge in [-0.25, -0.2) is 9.97 Å². The second-order valence-corrected chi connectivity index (χ2v) is 4.20. The molecule has 0 aliphatic heterocycles. The van der Waals surface area contributed by atoms with E-state index < -0.39 is 0 Å². The number of hydrogen-bond acceptors (Lipinski definition) is 5. The van der Waals surface area contributed by atoms with Gasteiger partial charge in [0, 0.05) is 11.1 Å². The van der Waals surface area contributed by atoms with Crippen molar-refractivity contribution in [1.82, 2.24) is 20.2 Å². The normalized spacial score (nSPS) is 10.4. The van der Waals surface area contributed by atoms with Gasteiger partial charge in [-0.15, -0.1) is 11.3 Å². The first kappa shape index (κ1) is 9.14. The molecular weight excluding hydrogens is 198 g/mol. The molecule has 5 nitrogen and oxygen atoms in total. The van der Waals surface area contributed by atoms with Crippen LogP contribution in [0.15, 0.2) is 6.20 Å². The quantitative estimate of drug-likeness (QED) is 0.803. The lowest BCUT2D eigenvalue weighted by molar-refractivity contribution is 0.951. The van der Waals surface area contributed by atoms with Crippen molar-refractivity contribution in [3.05, 3.63) is 22.7 Å². The van der Waals surface area contributed by atoms with Gasteiger partial charge < -0.3 is 5.32 Å². The molecule has 0 saturated heterocycles. The van der Waals surface area contributed by atoms with Crippen LogP contribution < -0.4 is 5.32 Å². The Hall–Kier alpha value is -1.43. The lowest BCUT2D eigenvalue weighted by Gasteiger charge is -1.96. The zero-order valence-corrected chi connectivity index (χ0v) is 8.85. The van der Waals surface area contributed by atoms with Crippen molar-refractivity contribution in [2.45, 2.75) is 20.4 Å². The molecule has 0 fully saturated rings. The molecule has 0 unspecified atom stereocenters. The molecule has 2 N–H and O–H groups in total. The fourth-order valence-corrected chi connectivity index (χ4v) is 1.72. The standard InChI is InChI=1S/C8H11N5S/c1-5-3-9-8(14-5)10-4-7-11-6(2)12-13-7/h3H,4H2,1-2H3,(H,9,10)(H,11,12,13). The lowest BCUT2D eigenvalue weighted by Crippen LogP contribution is -2.00. The first-order valence-electron chi connectivity index (χ1n) is 4.28. The molecule has 2 aromatic heterocycles. The molecule has 0 aliphatic rings. The summed E-state index contributed by atoms with van der Waals surface area (Å²) in [6.45, 7) is 4.52. The van der Waals surface area contributed by atoms with Crippen molar-refractivity contribution >= 4 is 16.5 Å². The largest absolute Gasteiger partial charge is 0.354 e.